The third-order valence-corrected chi connectivity index (χ3v) is 4.69. The number of aromatic hydroxyl groups is 1. The van der Waals surface area contributed by atoms with Gasteiger partial charge in [0.2, 0.25) is 0 Å². The second-order valence-corrected chi connectivity index (χ2v) is 6.89. The van der Waals surface area contributed by atoms with Crippen LogP contribution in [0.4, 0.5) is 0 Å². The molecule has 1 aliphatic carbocycles. The van der Waals surface area contributed by atoms with Crippen LogP contribution < -0.4 is 4.74 Å². The molecule has 0 aromatic heterocycles. The highest BCUT2D eigenvalue weighted by Gasteiger charge is 2.45. The highest BCUT2D eigenvalue weighted by atomic mass is 16.5. The van der Waals surface area contributed by atoms with Crippen molar-refractivity contribution in [3.8, 4) is 11.5 Å². The minimum Gasteiger partial charge on any atom is -0.507 e. The van der Waals surface area contributed by atoms with Crippen molar-refractivity contribution >= 4 is 0 Å². The maximum absolute atomic E-state index is 11.0. The first-order valence-electron chi connectivity index (χ1n) is 12.4. The van der Waals surface area contributed by atoms with Gasteiger partial charge in [0.25, 0.3) is 0 Å². The Kier molecular flexibility index (Phi) is 2.47. The minimum absolute atomic E-state index is 0.0140. The van der Waals surface area contributed by atoms with Gasteiger partial charge in [-0.1, -0.05) is 31.4 Å². The Balaban J connectivity index is 2.31. The summed E-state index contributed by atoms with van der Waals surface area (Å²) >= 11 is 0. The molecule has 0 spiro atoms. The number of unbranched alkanes of at least 4 members (excludes halogenated alkanes) is 2. The molecule has 0 saturated heterocycles. The maximum Gasteiger partial charge on any atom is 0.127 e. The Labute approximate surface area is 151 Å². The van der Waals surface area contributed by atoms with E-state index >= 15 is 0 Å². The number of fused-ring (bicyclic) bond motifs is 3. The topological polar surface area (TPSA) is 29.5 Å². The maximum atomic E-state index is 11.0. The molecule has 1 heterocycles. The molecule has 0 radical (unpaired) electrons. The summed E-state index contributed by atoms with van der Waals surface area (Å²) in [7, 11) is 0. The summed E-state index contributed by atoms with van der Waals surface area (Å²) in [6.07, 6.45) is 1.65. The van der Waals surface area contributed by atoms with Gasteiger partial charge in [0, 0.05) is 25.6 Å². The molecule has 126 valence electrons. The molecule has 2 heteroatoms. The van der Waals surface area contributed by atoms with E-state index in [9.17, 15) is 6.48 Å². The molecule has 1 aromatic rings. The Bertz CT molecular complexity index is 919. The average molecular weight is 323 g/mol. The largest absolute Gasteiger partial charge is 0.507 e. The molecule has 0 fully saturated rings. The van der Waals surface area contributed by atoms with E-state index in [4.69, 9.17) is 14.3 Å². The van der Waals surface area contributed by atoms with Crippen LogP contribution in [0.3, 0.4) is 0 Å². The molecule has 23 heavy (non-hydrogen) atoms. The molecule has 0 unspecified atom stereocenters. The molecule has 2 nitrogen and oxygen atoms in total. The van der Waals surface area contributed by atoms with Gasteiger partial charge >= 0.3 is 0 Å². The monoisotopic (exact) mass is 322 g/mol. The van der Waals surface area contributed by atoms with Crippen LogP contribution in [-0.4, -0.2) is 10.7 Å². The first-order chi connectivity index (χ1) is 14.1. The molecule has 2 aliphatic rings. The lowest BCUT2D eigenvalue weighted by Crippen LogP contribution is -2.45. The third kappa shape index (κ3) is 3.13. The normalized spacial score (nSPS) is 36.1. The summed E-state index contributed by atoms with van der Waals surface area (Å²) in [5.41, 5.74) is -1.35. The van der Waals surface area contributed by atoms with Gasteiger partial charge in [-0.05, 0) is 64.0 Å². The van der Waals surface area contributed by atoms with Gasteiger partial charge in [0.15, 0.2) is 0 Å². The Morgan fingerprint density at radius 3 is 3.04 bits per heavy atom. The molecule has 1 N–H and O–H groups in total. The predicted molar refractivity (Wildman–Crippen MR) is 95.3 cm³/mol. The molecule has 2 atom stereocenters. The molecule has 3 rings (SSSR count). The predicted octanol–water partition coefficient (Wildman–Crippen LogP) is 5.74. The zero-order valence-corrected chi connectivity index (χ0v) is 14.0. The number of benzene rings is 1. The lowest BCUT2D eigenvalue weighted by atomic mass is 9.68. The SMILES string of the molecule is [2H]c1c(O)c2c(c([2H])c1CCCCC)OC(C)(C)[C@@H]1CC([2H])([2H])C(C([2H])([2H])[2H])=C[C@@]21[2H]. The van der Waals surface area contributed by atoms with E-state index < -0.39 is 42.0 Å². The highest BCUT2D eigenvalue weighted by Crippen LogP contribution is 2.53. The molecule has 1 aromatic carbocycles. The molecule has 0 amide bonds. The van der Waals surface area contributed by atoms with Gasteiger partial charge in [-0.2, -0.15) is 0 Å². The summed E-state index contributed by atoms with van der Waals surface area (Å²) in [5.74, 6) is -3.18. The molecular weight excluding hydrogens is 284 g/mol. The van der Waals surface area contributed by atoms with E-state index in [-0.39, 0.29) is 29.8 Å². The number of hydrogen-bond donors (Lipinski definition) is 1. The number of hydrogen-bond acceptors (Lipinski definition) is 2. The lowest BCUT2D eigenvalue weighted by Gasteiger charge is -2.46. The van der Waals surface area contributed by atoms with E-state index in [1.807, 2.05) is 6.92 Å². The van der Waals surface area contributed by atoms with Crippen molar-refractivity contribution in [3.05, 3.63) is 34.9 Å². The van der Waals surface area contributed by atoms with E-state index in [1.165, 1.54) is 0 Å². The van der Waals surface area contributed by atoms with Crippen molar-refractivity contribution < 1.29 is 20.8 Å². The van der Waals surface area contributed by atoms with Crippen LogP contribution in [0.25, 0.3) is 0 Å². The highest BCUT2D eigenvalue weighted by molar-refractivity contribution is 5.53. The number of ether oxygens (including phenoxy) is 1. The van der Waals surface area contributed by atoms with Crippen LogP contribution >= 0.6 is 0 Å². The van der Waals surface area contributed by atoms with Crippen molar-refractivity contribution in [2.24, 2.45) is 5.92 Å². The minimum atomic E-state index is -2.76. The van der Waals surface area contributed by atoms with Crippen LogP contribution in [-0.2, 0) is 6.42 Å². The van der Waals surface area contributed by atoms with Gasteiger partial charge in [0.1, 0.15) is 17.1 Å². The van der Waals surface area contributed by atoms with Gasteiger partial charge < -0.3 is 9.84 Å². The number of phenolic OH excluding ortho intramolecular Hbond substituents is 1. The van der Waals surface area contributed by atoms with Crippen molar-refractivity contribution in [2.45, 2.75) is 77.6 Å². The lowest BCUT2D eigenvalue weighted by molar-refractivity contribution is 0.0107. The second kappa shape index (κ2) is 6.22. The van der Waals surface area contributed by atoms with Crippen LogP contribution in [0.15, 0.2) is 23.7 Å². The Morgan fingerprint density at radius 1 is 1.48 bits per heavy atom. The first-order valence-corrected chi connectivity index (χ1v) is 8.36. The Morgan fingerprint density at radius 2 is 2.30 bits per heavy atom. The quantitative estimate of drug-likeness (QED) is 0.566. The first kappa shape index (κ1) is 9.15. The van der Waals surface area contributed by atoms with Gasteiger partial charge in [-0.25, -0.2) is 0 Å². The second-order valence-electron chi connectivity index (χ2n) is 6.89. The average Bonchev–Trinajstić information content (AvgIpc) is 2.62. The fraction of sp³-hybridized carbons (Fsp3) is 0.619. The van der Waals surface area contributed by atoms with E-state index in [0.717, 1.165) is 25.3 Å². The van der Waals surface area contributed by atoms with Crippen LogP contribution in [0, 0.1) is 5.92 Å². The third-order valence-electron chi connectivity index (χ3n) is 4.69. The van der Waals surface area contributed by atoms with E-state index in [2.05, 4.69) is 0 Å². The van der Waals surface area contributed by atoms with Crippen molar-refractivity contribution in [1.82, 2.24) is 0 Å². The summed E-state index contributed by atoms with van der Waals surface area (Å²) in [6.45, 7) is 2.67. The van der Waals surface area contributed by atoms with Gasteiger partial charge in [-0.3, -0.25) is 0 Å². The molecule has 0 bridgehead atoms. The molecule has 1 aliphatic heterocycles. The fourth-order valence-corrected chi connectivity index (χ4v) is 3.39. The van der Waals surface area contributed by atoms with E-state index in [1.54, 1.807) is 13.8 Å². The smallest absolute Gasteiger partial charge is 0.127 e. The molecular formula is C21H30O2. The summed E-state index contributed by atoms with van der Waals surface area (Å²) < 4.78 is 72.6. The van der Waals surface area contributed by atoms with Crippen molar-refractivity contribution in [2.75, 3.05) is 0 Å². The Hall–Kier alpha value is -1.44. The van der Waals surface area contributed by atoms with Crippen LogP contribution in [0.2, 0.25) is 0 Å². The zero-order valence-electron chi connectivity index (χ0n) is 22.0. The number of phenols is 1. The zero-order chi connectivity index (χ0) is 23.6. The van der Waals surface area contributed by atoms with Crippen LogP contribution in [0.5, 0.6) is 11.5 Å². The summed E-state index contributed by atoms with van der Waals surface area (Å²) in [5, 5.41) is 11.0. The van der Waals surface area contributed by atoms with Gasteiger partial charge in [-0.15, -0.1) is 0 Å². The summed E-state index contributed by atoms with van der Waals surface area (Å²) in [6, 6.07) is -0.310. The van der Waals surface area contributed by atoms with E-state index in [0.29, 0.717) is 12.0 Å². The van der Waals surface area contributed by atoms with Crippen LogP contribution in [0.1, 0.15) is 87.7 Å². The fourth-order valence-electron chi connectivity index (χ4n) is 3.39. The molecule has 0 saturated carbocycles. The van der Waals surface area contributed by atoms with Crippen molar-refractivity contribution in [3.63, 3.8) is 0 Å². The standard InChI is InChI=1S/C21H30O2/c1-5-6-7-8-15-12-18(22)20-16-11-14(2)9-10-17(16)21(3,4)23-19(20)13-15/h11-13,16-17,22H,5-10H2,1-4H3/t16-,17-/m1/s1/i2D3,9D2,12D,13D,16D. The number of rotatable bonds is 4. The number of allylic oxidation sites excluding steroid dienone is 2. The summed E-state index contributed by atoms with van der Waals surface area (Å²) in [4.78, 5) is 0. The van der Waals surface area contributed by atoms with Crippen molar-refractivity contribution in [1.29, 1.82) is 0 Å². The van der Waals surface area contributed by atoms with Gasteiger partial charge in [0.05, 0.1) is 2.74 Å².